The van der Waals surface area contributed by atoms with Crippen molar-refractivity contribution >= 4 is 29.2 Å². The van der Waals surface area contributed by atoms with E-state index >= 15 is 0 Å². The summed E-state index contributed by atoms with van der Waals surface area (Å²) in [6.45, 7) is 4.61. The third-order valence-corrected chi connectivity index (χ3v) is 2.64. The summed E-state index contributed by atoms with van der Waals surface area (Å²) >= 11 is 0. The lowest BCUT2D eigenvalue weighted by Crippen LogP contribution is -2.14. The van der Waals surface area contributed by atoms with Gasteiger partial charge < -0.3 is 15.4 Å². The van der Waals surface area contributed by atoms with Crippen LogP contribution in [0.3, 0.4) is 0 Å². The predicted molar refractivity (Wildman–Crippen MR) is 75.8 cm³/mol. The number of rotatable bonds is 4. The Morgan fingerprint density at radius 3 is 2.15 bits per heavy atom. The number of benzene rings is 1. The maximum absolute atomic E-state index is 11.8. The fourth-order valence-electron chi connectivity index (χ4n) is 1.92. The average Bonchev–Trinajstić information content (AvgIpc) is 2.35. The van der Waals surface area contributed by atoms with E-state index in [1.165, 1.54) is 27.0 Å². The number of carbonyl (C=O) groups excluding carboxylic acids is 3. The fourth-order valence-corrected chi connectivity index (χ4v) is 1.92. The molecule has 1 aromatic carbocycles. The Balaban J connectivity index is 3.41. The van der Waals surface area contributed by atoms with Gasteiger partial charge in [-0.1, -0.05) is 6.92 Å². The minimum atomic E-state index is -0.513. The van der Waals surface area contributed by atoms with Gasteiger partial charge in [-0.25, -0.2) is 4.79 Å². The fraction of sp³-hybridized carbons (Fsp3) is 0.357. The molecule has 2 amide bonds. The first-order valence-corrected chi connectivity index (χ1v) is 6.19. The van der Waals surface area contributed by atoms with Crippen molar-refractivity contribution in [2.24, 2.45) is 0 Å². The first-order valence-electron chi connectivity index (χ1n) is 6.19. The smallest absolute Gasteiger partial charge is 0.338 e. The molecule has 2 N–H and O–H groups in total. The van der Waals surface area contributed by atoms with Crippen molar-refractivity contribution in [1.29, 1.82) is 0 Å². The number of ether oxygens (including phenoxy) is 1. The molecular formula is C14H18N2O4. The maximum atomic E-state index is 11.8. The molecule has 0 aliphatic carbocycles. The standard InChI is InChI=1S/C14H18N2O4/c1-5-11-12(14(19)20-4)6-10(15-8(2)17)7-13(11)16-9(3)18/h6-7H,5H2,1-4H3,(H,15,17)(H,16,18). The average molecular weight is 278 g/mol. The van der Waals surface area contributed by atoms with Gasteiger partial charge in [-0.2, -0.15) is 0 Å². The van der Waals surface area contributed by atoms with Gasteiger partial charge in [0.2, 0.25) is 11.8 Å². The number of hydrogen-bond donors (Lipinski definition) is 2. The lowest BCUT2D eigenvalue weighted by Gasteiger charge is -2.15. The molecule has 108 valence electrons. The van der Waals surface area contributed by atoms with Gasteiger partial charge in [0, 0.05) is 25.2 Å². The molecule has 0 heterocycles. The van der Waals surface area contributed by atoms with Crippen LogP contribution in [-0.2, 0) is 20.7 Å². The van der Waals surface area contributed by atoms with E-state index in [2.05, 4.69) is 10.6 Å². The number of carbonyl (C=O) groups is 3. The van der Waals surface area contributed by atoms with Crippen molar-refractivity contribution in [2.75, 3.05) is 17.7 Å². The highest BCUT2D eigenvalue weighted by molar-refractivity contribution is 5.99. The molecule has 0 saturated heterocycles. The SMILES string of the molecule is CCc1c(NC(C)=O)cc(NC(C)=O)cc1C(=O)OC. The normalized spacial score (nSPS) is 9.80. The molecule has 1 aromatic rings. The van der Waals surface area contributed by atoms with Crippen LogP contribution in [0.25, 0.3) is 0 Å². The van der Waals surface area contributed by atoms with Crippen LogP contribution in [0.15, 0.2) is 12.1 Å². The molecule has 6 nitrogen and oxygen atoms in total. The zero-order valence-electron chi connectivity index (χ0n) is 12.0. The summed E-state index contributed by atoms with van der Waals surface area (Å²) in [5.41, 5.74) is 1.91. The number of hydrogen-bond acceptors (Lipinski definition) is 4. The molecule has 0 atom stereocenters. The van der Waals surface area contributed by atoms with E-state index in [1.54, 1.807) is 6.07 Å². The monoisotopic (exact) mass is 278 g/mol. The van der Waals surface area contributed by atoms with Gasteiger partial charge in [0.1, 0.15) is 0 Å². The highest BCUT2D eigenvalue weighted by Crippen LogP contribution is 2.27. The van der Waals surface area contributed by atoms with Crippen molar-refractivity contribution in [2.45, 2.75) is 27.2 Å². The van der Waals surface area contributed by atoms with Gasteiger partial charge in [-0.15, -0.1) is 0 Å². The van der Waals surface area contributed by atoms with Gasteiger partial charge in [0.25, 0.3) is 0 Å². The largest absolute Gasteiger partial charge is 0.465 e. The van der Waals surface area contributed by atoms with Gasteiger partial charge in [-0.3, -0.25) is 9.59 Å². The van der Waals surface area contributed by atoms with Crippen LogP contribution in [0.5, 0.6) is 0 Å². The molecule has 0 radical (unpaired) electrons. The third kappa shape index (κ3) is 3.81. The van der Waals surface area contributed by atoms with Crippen LogP contribution < -0.4 is 10.6 Å². The summed E-state index contributed by atoms with van der Waals surface area (Å²) in [5.74, 6) is -1.03. The molecule has 0 saturated carbocycles. The molecule has 20 heavy (non-hydrogen) atoms. The molecular weight excluding hydrogens is 260 g/mol. The summed E-state index contributed by atoms with van der Waals surface area (Å²) < 4.78 is 4.73. The molecule has 0 fully saturated rings. The van der Waals surface area contributed by atoms with Crippen molar-refractivity contribution in [3.8, 4) is 0 Å². The van der Waals surface area contributed by atoms with Crippen LogP contribution in [0.2, 0.25) is 0 Å². The number of methoxy groups -OCH3 is 1. The van der Waals surface area contributed by atoms with E-state index in [0.29, 0.717) is 28.9 Å². The lowest BCUT2D eigenvalue weighted by atomic mass is 10.0. The molecule has 0 aromatic heterocycles. The molecule has 0 bridgehead atoms. The minimum absolute atomic E-state index is 0.254. The Labute approximate surface area is 117 Å². The van der Waals surface area contributed by atoms with Crippen LogP contribution in [0.1, 0.15) is 36.7 Å². The molecule has 6 heteroatoms. The zero-order chi connectivity index (χ0) is 15.3. The first kappa shape index (κ1) is 15.7. The van der Waals surface area contributed by atoms with E-state index in [0.717, 1.165) is 0 Å². The van der Waals surface area contributed by atoms with Crippen molar-refractivity contribution < 1.29 is 19.1 Å². The number of nitrogens with one attached hydrogen (secondary N) is 2. The Morgan fingerprint density at radius 1 is 1.10 bits per heavy atom. The highest BCUT2D eigenvalue weighted by Gasteiger charge is 2.17. The van der Waals surface area contributed by atoms with Crippen LogP contribution in [-0.4, -0.2) is 24.9 Å². The molecule has 0 aliphatic heterocycles. The number of anilines is 2. The summed E-state index contributed by atoms with van der Waals surface area (Å²) in [5, 5.41) is 5.25. The van der Waals surface area contributed by atoms with Crippen molar-refractivity contribution in [1.82, 2.24) is 0 Å². The van der Waals surface area contributed by atoms with E-state index in [-0.39, 0.29) is 11.8 Å². The molecule has 0 aliphatic rings. The quantitative estimate of drug-likeness (QED) is 0.824. The summed E-state index contributed by atoms with van der Waals surface area (Å²) in [6.07, 6.45) is 0.542. The summed E-state index contributed by atoms with van der Waals surface area (Å²) in [7, 11) is 1.28. The second-order valence-corrected chi connectivity index (χ2v) is 4.26. The van der Waals surface area contributed by atoms with E-state index < -0.39 is 5.97 Å². The predicted octanol–water partition coefficient (Wildman–Crippen LogP) is 1.95. The van der Waals surface area contributed by atoms with Gasteiger partial charge >= 0.3 is 5.97 Å². The Morgan fingerprint density at radius 2 is 1.70 bits per heavy atom. The van der Waals surface area contributed by atoms with E-state index in [4.69, 9.17) is 4.74 Å². The van der Waals surface area contributed by atoms with Gasteiger partial charge in [0.05, 0.1) is 12.7 Å². The lowest BCUT2D eigenvalue weighted by molar-refractivity contribution is -0.115. The van der Waals surface area contributed by atoms with Crippen LogP contribution in [0, 0.1) is 0 Å². The van der Waals surface area contributed by atoms with E-state index in [1.807, 2.05) is 6.92 Å². The highest BCUT2D eigenvalue weighted by atomic mass is 16.5. The maximum Gasteiger partial charge on any atom is 0.338 e. The molecule has 0 unspecified atom stereocenters. The Hall–Kier alpha value is -2.37. The Bertz CT molecular complexity index is 552. The minimum Gasteiger partial charge on any atom is -0.465 e. The molecule has 0 spiro atoms. The zero-order valence-corrected chi connectivity index (χ0v) is 12.0. The van der Waals surface area contributed by atoms with Crippen molar-refractivity contribution in [3.05, 3.63) is 23.3 Å². The van der Waals surface area contributed by atoms with Gasteiger partial charge in [0.15, 0.2) is 0 Å². The second-order valence-electron chi connectivity index (χ2n) is 4.26. The van der Waals surface area contributed by atoms with Crippen LogP contribution in [0.4, 0.5) is 11.4 Å². The van der Waals surface area contributed by atoms with E-state index in [9.17, 15) is 14.4 Å². The Kier molecular flexibility index (Phi) is 5.25. The van der Waals surface area contributed by atoms with Gasteiger partial charge in [-0.05, 0) is 24.1 Å². The number of amides is 2. The van der Waals surface area contributed by atoms with Crippen LogP contribution >= 0.6 is 0 Å². The third-order valence-electron chi connectivity index (χ3n) is 2.64. The summed E-state index contributed by atoms with van der Waals surface area (Å²) in [6, 6.07) is 3.16. The first-order chi connectivity index (χ1) is 9.38. The number of esters is 1. The second kappa shape index (κ2) is 6.70. The summed E-state index contributed by atoms with van der Waals surface area (Å²) in [4.78, 5) is 34.2. The topological polar surface area (TPSA) is 84.5 Å². The van der Waals surface area contributed by atoms with Crippen molar-refractivity contribution in [3.63, 3.8) is 0 Å². The molecule has 1 rings (SSSR count).